The Morgan fingerprint density at radius 1 is 1.35 bits per heavy atom. The van der Waals surface area contributed by atoms with Crippen LogP contribution in [0.25, 0.3) is 0 Å². The Morgan fingerprint density at radius 3 is 2.76 bits per heavy atom. The second kappa shape index (κ2) is 8.25. The zero-order valence-corrected chi connectivity index (χ0v) is 12.6. The molecule has 0 saturated heterocycles. The normalized spacial score (nSPS) is 12.7. The maximum atomic E-state index is 6.19. The molecule has 0 heterocycles. The van der Waals surface area contributed by atoms with E-state index in [0.29, 0.717) is 16.1 Å². The van der Waals surface area contributed by atoms with Crippen molar-refractivity contribution in [1.82, 2.24) is 5.32 Å². The molecule has 1 atom stereocenters. The SMILES string of the molecule is CCCSCC(Cc1cccc(Cl)c1Cl)NC. The molecule has 96 valence electrons. The van der Waals surface area contributed by atoms with Crippen molar-refractivity contribution in [3.63, 3.8) is 0 Å². The molecule has 1 aromatic carbocycles. The van der Waals surface area contributed by atoms with Crippen molar-refractivity contribution in [1.29, 1.82) is 0 Å². The summed E-state index contributed by atoms with van der Waals surface area (Å²) in [5, 5.41) is 4.66. The summed E-state index contributed by atoms with van der Waals surface area (Å²) in [4.78, 5) is 0. The highest BCUT2D eigenvalue weighted by molar-refractivity contribution is 7.99. The molecule has 1 nitrogen and oxygen atoms in total. The van der Waals surface area contributed by atoms with Crippen LogP contribution in [-0.2, 0) is 6.42 Å². The van der Waals surface area contributed by atoms with Gasteiger partial charge >= 0.3 is 0 Å². The van der Waals surface area contributed by atoms with Crippen LogP contribution in [0.15, 0.2) is 18.2 Å². The maximum Gasteiger partial charge on any atom is 0.0624 e. The van der Waals surface area contributed by atoms with Gasteiger partial charge in [-0.15, -0.1) is 0 Å². The minimum Gasteiger partial charge on any atom is -0.316 e. The molecule has 1 unspecified atom stereocenters. The van der Waals surface area contributed by atoms with Crippen molar-refractivity contribution in [2.45, 2.75) is 25.8 Å². The molecule has 0 aliphatic carbocycles. The lowest BCUT2D eigenvalue weighted by molar-refractivity contribution is 0.617. The standard InChI is InChI=1S/C13H19Cl2NS/c1-3-7-17-9-11(16-2)8-10-5-4-6-12(14)13(10)15/h4-6,11,16H,3,7-9H2,1-2H3. The second-order valence-corrected chi connectivity index (χ2v) is 5.91. The first-order valence-electron chi connectivity index (χ1n) is 5.87. The molecule has 1 aromatic rings. The molecule has 17 heavy (non-hydrogen) atoms. The molecular formula is C13H19Cl2NS. The van der Waals surface area contributed by atoms with Crippen LogP contribution in [0.2, 0.25) is 10.0 Å². The number of benzene rings is 1. The maximum absolute atomic E-state index is 6.19. The monoisotopic (exact) mass is 291 g/mol. The lowest BCUT2D eigenvalue weighted by atomic mass is 10.1. The number of likely N-dealkylation sites (N-methyl/N-ethyl adjacent to an activating group) is 1. The summed E-state index contributed by atoms with van der Waals surface area (Å²) in [5.41, 5.74) is 1.12. The summed E-state index contributed by atoms with van der Waals surface area (Å²) in [6, 6.07) is 6.27. The summed E-state index contributed by atoms with van der Waals surface area (Å²) in [7, 11) is 2.00. The van der Waals surface area contributed by atoms with E-state index >= 15 is 0 Å². The molecule has 0 aliphatic rings. The third-order valence-electron chi connectivity index (χ3n) is 2.57. The highest BCUT2D eigenvalue weighted by atomic mass is 35.5. The van der Waals surface area contributed by atoms with Crippen LogP contribution in [-0.4, -0.2) is 24.6 Å². The number of thioether (sulfide) groups is 1. The van der Waals surface area contributed by atoms with Crippen LogP contribution in [0.5, 0.6) is 0 Å². The number of hydrogen-bond donors (Lipinski definition) is 1. The predicted octanol–water partition coefficient (Wildman–Crippen LogP) is 4.27. The largest absolute Gasteiger partial charge is 0.316 e. The Balaban J connectivity index is 2.57. The van der Waals surface area contributed by atoms with Gasteiger partial charge in [-0.3, -0.25) is 0 Å². The van der Waals surface area contributed by atoms with Crippen LogP contribution in [0.4, 0.5) is 0 Å². The summed E-state index contributed by atoms with van der Waals surface area (Å²) in [6.45, 7) is 2.20. The van der Waals surface area contributed by atoms with Gasteiger partial charge in [-0.05, 0) is 37.3 Å². The fourth-order valence-electron chi connectivity index (χ4n) is 1.59. The molecule has 0 bridgehead atoms. The fraction of sp³-hybridized carbons (Fsp3) is 0.538. The first kappa shape index (κ1) is 15.2. The van der Waals surface area contributed by atoms with Crippen LogP contribution >= 0.6 is 35.0 Å². The van der Waals surface area contributed by atoms with E-state index < -0.39 is 0 Å². The smallest absolute Gasteiger partial charge is 0.0624 e. The Hall–Kier alpha value is 0.110. The first-order valence-corrected chi connectivity index (χ1v) is 7.78. The van der Waals surface area contributed by atoms with Gasteiger partial charge in [-0.25, -0.2) is 0 Å². The molecule has 0 saturated carbocycles. The number of halogens is 2. The van der Waals surface area contributed by atoms with Crippen molar-refractivity contribution in [3.8, 4) is 0 Å². The van der Waals surface area contributed by atoms with Gasteiger partial charge < -0.3 is 5.32 Å². The Morgan fingerprint density at radius 2 is 2.12 bits per heavy atom. The van der Waals surface area contributed by atoms with Gasteiger partial charge in [0.15, 0.2) is 0 Å². The third-order valence-corrected chi connectivity index (χ3v) is 4.77. The topological polar surface area (TPSA) is 12.0 Å². The highest BCUT2D eigenvalue weighted by Crippen LogP contribution is 2.26. The van der Waals surface area contributed by atoms with E-state index in [1.165, 1.54) is 12.2 Å². The first-order chi connectivity index (χ1) is 8.19. The van der Waals surface area contributed by atoms with E-state index in [-0.39, 0.29) is 0 Å². The average molecular weight is 292 g/mol. The molecular weight excluding hydrogens is 273 g/mol. The summed E-state index contributed by atoms with van der Waals surface area (Å²) in [6.07, 6.45) is 2.14. The van der Waals surface area contributed by atoms with Gasteiger partial charge in [0, 0.05) is 11.8 Å². The van der Waals surface area contributed by atoms with Gasteiger partial charge in [0.25, 0.3) is 0 Å². The molecule has 0 amide bonds. The highest BCUT2D eigenvalue weighted by Gasteiger charge is 2.11. The zero-order valence-electron chi connectivity index (χ0n) is 10.3. The van der Waals surface area contributed by atoms with E-state index in [1.807, 2.05) is 37.0 Å². The summed E-state index contributed by atoms with van der Waals surface area (Å²) in [5.74, 6) is 2.31. The Labute approximate surface area is 118 Å². The Kier molecular flexibility index (Phi) is 7.36. The molecule has 1 rings (SSSR count). The fourth-order valence-corrected chi connectivity index (χ4v) is 3.01. The van der Waals surface area contributed by atoms with Crippen molar-refractivity contribution < 1.29 is 0 Å². The van der Waals surface area contributed by atoms with E-state index in [1.54, 1.807) is 0 Å². The minimum absolute atomic E-state index is 0.447. The Bertz CT molecular complexity index is 344. The van der Waals surface area contributed by atoms with E-state index in [9.17, 15) is 0 Å². The second-order valence-electron chi connectivity index (χ2n) is 3.98. The molecule has 0 radical (unpaired) electrons. The van der Waals surface area contributed by atoms with Crippen LogP contribution < -0.4 is 5.32 Å². The van der Waals surface area contributed by atoms with E-state index in [0.717, 1.165) is 17.7 Å². The molecule has 0 spiro atoms. The van der Waals surface area contributed by atoms with Crippen molar-refractivity contribution in [2.75, 3.05) is 18.6 Å². The van der Waals surface area contributed by atoms with Crippen LogP contribution in [0.1, 0.15) is 18.9 Å². The summed E-state index contributed by atoms with van der Waals surface area (Å²) < 4.78 is 0. The van der Waals surface area contributed by atoms with E-state index in [4.69, 9.17) is 23.2 Å². The van der Waals surface area contributed by atoms with E-state index in [2.05, 4.69) is 12.2 Å². The van der Waals surface area contributed by atoms with Gasteiger partial charge in [0.1, 0.15) is 0 Å². The number of nitrogens with one attached hydrogen (secondary N) is 1. The molecule has 0 fully saturated rings. The van der Waals surface area contributed by atoms with Crippen LogP contribution in [0.3, 0.4) is 0 Å². The van der Waals surface area contributed by atoms with Gasteiger partial charge in [0.05, 0.1) is 10.0 Å². The molecule has 1 N–H and O–H groups in total. The summed E-state index contributed by atoms with van der Waals surface area (Å²) >= 11 is 14.2. The molecule has 0 aliphatic heterocycles. The predicted molar refractivity (Wildman–Crippen MR) is 80.6 cm³/mol. The average Bonchev–Trinajstić information content (AvgIpc) is 2.33. The minimum atomic E-state index is 0.447. The van der Waals surface area contributed by atoms with Crippen LogP contribution in [0, 0.1) is 0 Å². The third kappa shape index (κ3) is 5.09. The van der Waals surface area contributed by atoms with Crippen molar-refractivity contribution in [3.05, 3.63) is 33.8 Å². The quantitative estimate of drug-likeness (QED) is 0.753. The van der Waals surface area contributed by atoms with Gasteiger partial charge in [-0.2, -0.15) is 11.8 Å². The number of hydrogen-bond acceptors (Lipinski definition) is 2. The molecule has 4 heteroatoms. The lowest BCUT2D eigenvalue weighted by Crippen LogP contribution is -2.30. The van der Waals surface area contributed by atoms with Gasteiger partial charge in [-0.1, -0.05) is 42.3 Å². The molecule has 0 aromatic heterocycles. The lowest BCUT2D eigenvalue weighted by Gasteiger charge is -2.16. The van der Waals surface area contributed by atoms with Gasteiger partial charge in [0.2, 0.25) is 0 Å². The zero-order chi connectivity index (χ0) is 12.7. The van der Waals surface area contributed by atoms with Crippen molar-refractivity contribution in [2.24, 2.45) is 0 Å². The van der Waals surface area contributed by atoms with Crippen molar-refractivity contribution >= 4 is 35.0 Å². The number of rotatable bonds is 7.